The zero-order valence-corrected chi connectivity index (χ0v) is 25.5. The summed E-state index contributed by atoms with van der Waals surface area (Å²) in [5.41, 5.74) is 1.39. The van der Waals surface area contributed by atoms with Gasteiger partial charge in [-0.1, -0.05) is 6.07 Å². The van der Waals surface area contributed by atoms with Crippen LogP contribution in [0.15, 0.2) is 48.5 Å². The Morgan fingerprint density at radius 2 is 1.53 bits per heavy atom. The van der Waals surface area contributed by atoms with Gasteiger partial charge in [0.1, 0.15) is 34.2 Å². The summed E-state index contributed by atoms with van der Waals surface area (Å²) in [4.78, 5) is 40.7. The molecule has 45 heavy (non-hydrogen) atoms. The van der Waals surface area contributed by atoms with Crippen LogP contribution in [0.4, 0.5) is 4.79 Å². The van der Waals surface area contributed by atoms with Crippen molar-refractivity contribution < 1.29 is 44.3 Å². The number of fused-ring (bicyclic) bond motifs is 1. The number of ketones is 1. The lowest BCUT2D eigenvalue weighted by Gasteiger charge is -2.24. The number of benzene rings is 3. The van der Waals surface area contributed by atoms with Crippen molar-refractivity contribution in [3.63, 3.8) is 0 Å². The molecule has 1 aliphatic heterocycles. The highest BCUT2D eigenvalue weighted by Crippen LogP contribution is 2.37. The molecule has 0 radical (unpaired) electrons. The fourth-order valence-electron chi connectivity index (χ4n) is 5.80. The lowest BCUT2D eigenvalue weighted by atomic mass is 9.85. The van der Waals surface area contributed by atoms with Crippen molar-refractivity contribution in [2.45, 2.75) is 70.8 Å². The van der Waals surface area contributed by atoms with Gasteiger partial charge in [0.2, 0.25) is 5.78 Å². The van der Waals surface area contributed by atoms with Crippen molar-refractivity contribution >= 4 is 17.8 Å². The van der Waals surface area contributed by atoms with Crippen LogP contribution in [0.2, 0.25) is 0 Å². The highest BCUT2D eigenvalue weighted by atomic mass is 16.6. The van der Waals surface area contributed by atoms with Crippen LogP contribution < -0.4 is 5.32 Å². The average Bonchev–Trinajstić information content (AvgIpc) is 3.37. The minimum Gasteiger partial charge on any atom is -0.508 e. The van der Waals surface area contributed by atoms with E-state index in [1.807, 2.05) is 0 Å². The first-order valence-corrected chi connectivity index (χ1v) is 14.9. The van der Waals surface area contributed by atoms with Gasteiger partial charge in [-0.3, -0.25) is 9.59 Å². The van der Waals surface area contributed by atoms with Crippen LogP contribution in [0.5, 0.6) is 23.0 Å². The van der Waals surface area contributed by atoms with E-state index in [2.05, 4.69) is 5.32 Å². The lowest BCUT2D eigenvalue weighted by molar-refractivity contribution is 0.0158. The molecule has 5 rings (SSSR count). The van der Waals surface area contributed by atoms with Gasteiger partial charge in [-0.05, 0) is 106 Å². The quantitative estimate of drug-likeness (QED) is 0.239. The highest BCUT2D eigenvalue weighted by Gasteiger charge is 2.39. The van der Waals surface area contributed by atoms with E-state index in [1.165, 1.54) is 47.4 Å². The van der Waals surface area contributed by atoms with Crippen molar-refractivity contribution in [1.82, 2.24) is 10.2 Å². The van der Waals surface area contributed by atoms with Gasteiger partial charge in [-0.2, -0.15) is 0 Å². The van der Waals surface area contributed by atoms with Crippen molar-refractivity contribution in [3.8, 4) is 23.0 Å². The maximum absolute atomic E-state index is 13.5. The van der Waals surface area contributed by atoms with Gasteiger partial charge >= 0.3 is 6.09 Å². The zero-order valence-electron chi connectivity index (χ0n) is 25.5. The second-order valence-corrected chi connectivity index (χ2v) is 12.5. The predicted octanol–water partition coefficient (Wildman–Crippen LogP) is 4.55. The molecule has 3 aromatic carbocycles. The summed E-state index contributed by atoms with van der Waals surface area (Å²) in [5.74, 6) is -2.22. The van der Waals surface area contributed by atoms with E-state index in [1.54, 1.807) is 26.8 Å². The smallest absolute Gasteiger partial charge is 0.410 e. The first kappa shape index (κ1) is 31.6. The SMILES string of the molecule is CC(C)(C)OC(=O)N1CC(NC(=O)c2ccc(O)cc2)C(OCc2cc(O)c(C(=O)c3c(O)ccc4c3CCCC4)c(O)c2)C1. The lowest BCUT2D eigenvalue weighted by Crippen LogP contribution is -2.44. The van der Waals surface area contributed by atoms with Crippen molar-refractivity contribution in [1.29, 1.82) is 0 Å². The second-order valence-electron chi connectivity index (χ2n) is 12.5. The molecule has 0 saturated carbocycles. The summed E-state index contributed by atoms with van der Waals surface area (Å²) < 4.78 is 11.6. The van der Waals surface area contributed by atoms with Gasteiger partial charge in [0.05, 0.1) is 30.9 Å². The van der Waals surface area contributed by atoms with E-state index >= 15 is 0 Å². The molecule has 1 heterocycles. The Balaban J connectivity index is 1.34. The van der Waals surface area contributed by atoms with Crippen molar-refractivity contribution in [2.24, 2.45) is 0 Å². The van der Waals surface area contributed by atoms with Crippen LogP contribution in [-0.2, 0) is 28.9 Å². The molecule has 1 saturated heterocycles. The van der Waals surface area contributed by atoms with Gasteiger partial charge in [-0.15, -0.1) is 0 Å². The number of nitrogens with zero attached hydrogens (tertiary/aromatic N) is 1. The first-order valence-electron chi connectivity index (χ1n) is 14.9. The number of hydrogen-bond donors (Lipinski definition) is 5. The Labute approximate surface area is 261 Å². The van der Waals surface area contributed by atoms with Crippen molar-refractivity contribution in [2.75, 3.05) is 13.1 Å². The van der Waals surface area contributed by atoms with Crippen LogP contribution in [0.1, 0.15) is 76.6 Å². The molecule has 0 bridgehead atoms. The third-order valence-corrected chi connectivity index (χ3v) is 7.95. The number of ether oxygens (including phenoxy) is 2. The van der Waals surface area contributed by atoms with Gasteiger partial charge in [0.25, 0.3) is 5.91 Å². The van der Waals surface area contributed by atoms with Gasteiger partial charge in [0.15, 0.2) is 0 Å². The van der Waals surface area contributed by atoms with Crippen LogP contribution in [0.3, 0.4) is 0 Å². The fourth-order valence-corrected chi connectivity index (χ4v) is 5.80. The molecule has 3 aromatic rings. The predicted molar refractivity (Wildman–Crippen MR) is 164 cm³/mol. The maximum atomic E-state index is 13.5. The zero-order chi connectivity index (χ0) is 32.5. The average molecular weight is 619 g/mol. The third-order valence-electron chi connectivity index (χ3n) is 7.95. The van der Waals surface area contributed by atoms with Gasteiger partial charge < -0.3 is 40.1 Å². The number of aromatic hydroxyl groups is 4. The number of nitrogens with one attached hydrogen (secondary N) is 1. The number of hydrogen-bond acceptors (Lipinski definition) is 9. The maximum Gasteiger partial charge on any atom is 0.410 e. The third kappa shape index (κ3) is 7.15. The summed E-state index contributed by atoms with van der Waals surface area (Å²) in [7, 11) is 0. The number of amides is 2. The second kappa shape index (κ2) is 12.7. The summed E-state index contributed by atoms with van der Waals surface area (Å²) >= 11 is 0. The summed E-state index contributed by atoms with van der Waals surface area (Å²) in [6.45, 7) is 5.33. The van der Waals surface area contributed by atoms with Crippen LogP contribution in [-0.4, -0.2) is 73.9 Å². The van der Waals surface area contributed by atoms with Crippen LogP contribution in [0, 0.1) is 0 Å². The number of phenolic OH excluding ortho intramolecular Hbond substituents is 4. The molecular weight excluding hydrogens is 580 g/mol. The molecule has 2 unspecified atom stereocenters. The Kier molecular flexibility index (Phi) is 8.92. The molecule has 238 valence electrons. The number of carbonyl (C=O) groups excluding carboxylic acids is 3. The van der Waals surface area contributed by atoms with E-state index < -0.39 is 47.0 Å². The molecule has 1 fully saturated rings. The topological polar surface area (TPSA) is 166 Å². The van der Waals surface area contributed by atoms with E-state index in [0.29, 0.717) is 17.5 Å². The molecule has 2 atom stereocenters. The molecule has 11 nitrogen and oxygen atoms in total. The Morgan fingerprint density at radius 1 is 0.867 bits per heavy atom. The molecule has 1 aliphatic carbocycles. The highest BCUT2D eigenvalue weighted by molar-refractivity contribution is 6.15. The molecule has 0 spiro atoms. The first-order chi connectivity index (χ1) is 21.3. The number of aryl methyl sites for hydroxylation is 1. The largest absolute Gasteiger partial charge is 0.508 e. The van der Waals surface area contributed by atoms with E-state index in [-0.39, 0.29) is 42.3 Å². The minimum atomic E-state index is -0.731. The van der Waals surface area contributed by atoms with E-state index in [4.69, 9.17) is 9.47 Å². The van der Waals surface area contributed by atoms with Gasteiger partial charge in [0, 0.05) is 12.1 Å². The number of likely N-dealkylation sites (tertiary alicyclic amines) is 1. The summed E-state index contributed by atoms with van der Waals surface area (Å²) in [6, 6.07) is 11.0. The van der Waals surface area contributed by atoms with Crippen molar-refractivity contribution in [3.05, 3.63) is 81.9 Å². The molecule has 11 heteroatoms. The standard InChI is InChI=1S/C34H38N2O9/c1-34(2,3)45-33(43)36-16-24(35-32(42)21-8-11-22(37)12-9-21)28(17-36)44-18-19-14-26(39)30(27(40)15-19)31(41)29-23-7-5-4-6-20(23)10-13-25(29)38/h8-15,24,28,37-40H,4-7,16-18H2,1-3H3,(H,35,42). The molecule has 2 aliphatic rings. The Hall–Kier alpha value is -4.77. The van der Waals surface area contributed by atoms with Crippen LogP contribution in [0.25, 0.3) is 0 Å². The molecule has 5 N–H and O–H groups in total. The molecular formula is C34H38N2O9. The van der Waals surface area contributed by atoms with Gasteiger partial charge in [-0.25, -0.2) is 4.79 Å². The molecule has 0 aromatic heterocycles. The van der Waals surface area contributed by atoms with E-state index in [0.717, 1.165) is 30.4 Å². The van der Waals surface area contributed by atoms with Crippen LogP contribution >= 0.6 is 0 Å². The normalized spacial score (nSPS) is 17.9. The Morgan fingerprint density at radius 3 is 2.20 bits per heavy atom. The van der Waals surface area contributed by atoms with E-state index in [9.17, 15) is 34.8 Å². The Bertz CT molecular complexity index is 1590. The number of carbonyl (C=O) groups is 3. The number of rotatable bonds is 7. The minimum absolute atomic E-state index is 0.0175. The summed E-state index contributed by atoms with van der Waals surface area (Å²) in [6.07, 6.45) is 2.00. The number of phenols is 4. The summed E-state index contributed by atoms with van der Waals surface area (Å²) in [5, 5.41) is 44.7. The molecule has 2 amide bonds. The fraction of sp³-hybridized carbons (Fsp3) is 0.382. The monoisotopic (exact) mass is 618 g/mol.